The molecule has 124 valence electrons. The number of amides is 1. The molecule has 2 atom stereocenters. The summed E-state index contributed by atoms with van der Waals surface area (Å²) in [6.07, 6.45) is -3.63. The number of carbonyl (C=O) groups excluding carboxylic acids is 1. The molecular weight excluding hydrogens is 299 g/mol. The molecule has 1 aliphatic rings. The molecule has 8 heteroatoms. The van der Waals surface area contributed by atoms with Crippen LogP contribution in [0.15, 0.2) is 0 Å². The molecule has 2 rings (SSSR count). The standard InChI is InChI=1S/C14H20F3N3O2/c1-8(21)5-6-20(2)13(22)9-3-4-11-10(7-9)12(19-18-11)14(15,16)17/h8-9,21H,3-7H2,1-2H3,(H,18,19). The maximum absolute atomic E-state index is 12.9. The van der Waals surface area contributed by atoms with Gasteiger partial charge in [0.15, 0.2) is 5.69 Å². The van der Waals surface area contributed by atoms with Crippen molar-refractivity contribution in [2.45, 2.75) is 44.9 Å². The number of carbonyl (C=O) groups is 1. The molecule has 1 aromatic rings. The van der Waals surface area contributed by atoms with Gasteiger partial charge in [0.1, 0.15) is 0 Å². The van der Waals surface area contributed by atoms with Crippen molar-refractivity contribution in [1.29, 1.82) is 0 Å². The topological polar surface area (TPSA) is 69.2 Å². The Balaban J connectivity index is 2.08. The van der Waals surface area contributed by atoms with Crippen molar-refractivity contribution in [2.24, 2.45) is 5.92 Å². The van der Waals surface area contributed by atoms with Crippen molar-refractivity contribution < 1.29 is 23.1 Å². The fraction of sp³-hybridized carbons (Fsp3) is 0.714. The number of hydrogen-bond acceptors (Lipinski definition) is 3. The van der Waals surface area contributed by atoms with Crippen LogP contribution in [0.2, 0.25) is 0 Å². The second kappa shape index (κ2) is 6.28. The van der Waals surface area contributed by atoms with Gasteiger partial charge in [0, 0.05) is 30.8 Å². The van der Waals surface area contributed by atoms with Crippen LogP contribution < -0.4 is 0 Å². The average molecular weight is 319 g/mol. The number of halogens is 3. The van der Waals surface area contributed by atoms with Gasteiger partial charge in [-0.3, -0.25) is 9.89 Å². The van der Waals surface area contributed by atoms with Crippen molar-refractivity contribution in [3.05, 3.63) is 17.0 Å². The third-order valence-corrected chi connectivity index (χ3v) is 4.02. The van der Waals surface area contributed by atoms with Crippen LogP contribution in [-0.2, 0) is 23.8 Å². The van der Waals surface area contributed by atoms with Gasteiger partial charge in [-0.15, -0.1) is 0 Å². The number of rotatable bonds is 4. The van der Waals surface area contributed by atoms with E-state index in [0.29, 0.717) is 31.5 Å². The molecule has 0 aliphatic heterocycles. The molecule has 0 saturated heterocycles. The maximum atomic E-state index is 12.9. The van der Waals surface area contributed by atoms with E-state index in [9.17, 15) is 23.1 Å². The zero-order valence-electron chi connectivity index (χ0n) is 12.6. The first-order valence-electron chi connectivity index (χ1n) is 7.26. The number of aromatic amines is 1. The van der Waals surface area contributed by atoms with Gasteiger partial charge in [0.25, 0.3) is 0 Å². The van der Waals surface area contributed by atoms with Gasteiger partial charge in [-0.05, 0) is 32.6 Å². The highest BCUT2D eigenvalue weighted by molar-refractivity contribution is 5.79. The average Bonchev–Trinajstić information content (AvgIpc) is 2.86. The fourth-order valence-electron chi connectivity index (χ4n) is 2.74. The summed E-state index contributed by atoms with van der Waals surface area (Å²) in [5.41, 5.74) is -0.323. The van der Waals surface area contributed by atoms with E-state index < -0.39 is 23.9 Å². The number of H-pyrrole nitrogens is 1. The molecule has 2 N–H and O–H groups in total. The molecule has 2 unspecified atom stereocenters. The van der Waals surface area contributed by atoms with Crippen LogP contribution >= 0.6 is 0 Å². The zero-order valence-corrected chi connectivity index (χ0v) is 12.6. The Morgan fingerprint density at radius 1 is 1.55 bits per heavy atom. The molecule has 0 aromatic carbocycles. The SMILES string of the molecule is CC(O)CCN(C)C(=O)C1CCc2[nH]nc(C(F)(F)F)c2C1. The lowest BCUT2D eigenvalue weighted by Crippen LogP contribution is -2.37. The molecule has 0 saturated carbocycles. The quantitative estimate of drug-likeness (QED) is 0.888. The monoisotopic (exact) mass is 319 g/mol. The Hall–Kier alpha value is -1.57. The van der Waals surface area contributed by atoms with Crippen molar-refractivity contribution in [1.82, 2.24) is 15.1 Å². The summed E-state index contributed by atoms with van der Waals surface area (Å²) in [6.45, 7) is 2.02. The van der Waals surface area contributed by atoms with Gasteiger partial charge in [-0.1, -0.05) is 0 Å². The number of aromatic nitrogens is 2. The Morgan fingerprint density at radius 3 is 2.82 bits per heavy atom. The molecule has 22 heavy (non-hydrogen) atoms. The first kappa shape index (κ1) is 16.8. The minimum Gasteiger partial charge on any atom is -0.393 e. The summed E-state index contributed by atoms with van der Waals surface area (Å²) in [5, 5.41) is 15.0. The first-order valence-corrected chi connectivity index (χ1v) is 7.26. The predicted molar refractivity (Wildman–Crippen MR) is 73.0 cm³/mol. The summed E-state index contributed by atoms with van der Waals surface area (Å²) >= 11 is 0. The van der Waals surface area contributed by atoms with E-state index in [-0.39, 0.29) is 17.9 Å². The molecule has 5 nitrogen and oxygen atoms in total. The predicted octanol–water partition coefficient (Wildman–Crippen LogP) is 1.76. The molecule has 0 spiro atoms. The largest absolute Gasteiger partial charge is 0.435 e. The van der Waals surface area contributed by atoms with Gasteiger partial charge in [-0.25, -0.2) is 0 Å². The van der Waals surface area contributed by atoms with Crippen LogP contribution in [0.4, 0.5) is 13.2 Å². The second-order valence-electron chi connectivity index (χ2n) is 5.86. The van der Waals surface area contributed by atoms with Crippen molar-refractivity contribution in [2.75, 3.05) is 13.6 Å². The fourth-order valence-corrected chi connectivity index (χ4v) is 2.74. The van der Waals surface area contributed by atoms with Crippen LogP contribution in [-0.4, -0.2) is 45.8 Å². The normalized spacial score (nSPS) is 19.6. The van der Waals surface area contributed by atoms with Gasteiger partial charge in [-0.2, -0.15) is 18.3 Å². The number of aryl methyl sites for hydroxylation is 1. The summed E-state index contributed by atoms with van der Waals surface area (Å²) in [4.78, 5) is 13.8. The smallest absolute Gasteiger partial charge is 0.393 e. The molecule has 1 aromatic heterocycles. The number of alkyl halides is 3. The summed E-state index contributed by atoms with van der Waals surface area (Å²) < 4.78 is 38.7. The van der Waals surface area contributed by atoms with Crippen molar-refractivity contribution in [3.63, 3.8) is 0 Å². The molecule has 1 amide bonds. The minimum absolute atomic E-state index is 0.0541. The van der Waals surface area contributed by atoms with E-state index in [1.54, 1.807) is 14.0 Å². The van der Waals surface area contributed by atoms with Crippen LogP contribution in [0.1, 0.15) is 36.7 Å². The number of nitrogens with zero attached hydrogens (tertiary/aromatic N) is 2. The summed E-state index contributed by atoms with van der Waals surface area (Å²) in [5.74, 6) is -0.647. The molecular formula is C14H20F3N3O2. The third kappa shape index (κ3) is 3.60. The minimum atomic E-state index is -4.51. The van der Waals surface area contributed by atoms with Crippen molar-refractivity contribution >= 4 is 5.91 Å². The van der Waals surface area contributed by atoms with Gasteiger partial charge in [0.05, 0.1) is 6.10 Å². The Bertz CT molecular complexity index is 540. The first-order chi connectivity index (χ1) is 10.2. The third-order valence-electron chi connectivity index (χ3n) is 4.02. The highest BCUT2D eigenvalue weighted by atomic mass is 19.4. The number of nitrogens with one attached hydrogen (secondary N) is 1. The Morgan fingerprint density at radius 2 is 2.23 bits per heavy atom. The summed E-state index contributed by atoms with van der Waals surface area (Å²) in [6, 6.07) is 0. The highest BCUT2D eigenvalue weighted by Crippen LogP contribution is 2.36. The van der Waals surface area contributed by atoms with Crippen LogP contribution in [0, 0.1) is 5.92 Å². The zero-order chi connectivity index (χ0) is 16.5. The Labute approximate surface area is 126 Å². The van der Waals surface area contributed by atoms with E-state index in [4.69, 9.17) is 0 Å². The number of hydrogen-bond donors (Lipinski definition) is 2. The second-order valence-corrected chi connectivity index (χ2v) is 5.86. The van der Waals surface area contributed by atoms with Gasteiger partial charge < -0.3 is 10.0 Å². The van der Waals surface area contributed by atoms with Gasteiger partial charge >= 0.3 is 6.18 Å². The number of aliphatic hydroxyl groups is 1. The van der Waals surface area contributed by atoms with Gasteiger partial charge in [0.2, 0.25) is 5.91 Å². The molecule has 1 heterocycles. The molecule has 0 radical (unpaired) electrons. The lowest BCUT2D eigenvalue weighted by molar-refractivity contribution is -0.142. The summed E-state index contributed by atoms with van der Waals surface area (Å²) in [7, 11) is 1.61. The number of aliphatic hydroxyl groups excluding tert-OH is 1. The van der Waals surface area contributed by atoms with Crippen molar-refractivity contribution in [3.8, 4) is 0 Å². The maximum Gasteiger partial charge on any atom is 0.435 e. The van der Waals surface area contributed by atoms with E-state index in [1.165, 1.54) is 4.90 Å². The lowest BCUT2D eigenvalue weighted by Gasteiger charge is -2.27. The van der Waals surface area contributed by atoms with Crippen LogP contribution in [0.25, 0.3) is 0 Å². The highest BCUT2D eigenvalue weighted by Gasteiger charge is 2.40. The van der Waals surface area contributed by atoms with E-state index in [1.807, 2.05) is 0 Å². The lowest BCUT2D eigenvalue weighted by atomic mass is 9.85. The van der Waals surface area contributed by atoms with Crippen LogP contribution in [0.5, 0.6) is 0 Å². The molecule has 0 bridgehead atoms. The Kier molecular flexibility index (Phi) is 4.79. The molecule has 0 fully saturated rings. The van der Waals surface area contributed by atoms with Crippen LogP contribution in [0.3, 0.4) is 0 Å². The van der Waals surface area contributed by atoms with E-state index in [0.717, 1.165) is 0 Å². The van der Waals surface area contributed by atoms with E-state index >= 15 is 0 Å². The molecule has 1 aliphatic carbocycles. The van der Waals surface area contributed by atoms with E-state index in [2.05, 4.69) is 10.2 Å². The number of fused-ring (bicyclic) bond motifs is 1.